The molecule has 2 heterocycles. The van der Waals surface area contributed by atoms with E-state index in [0.717, 1.165) is 26.2 Å². The van der Waals surface area contributed by atoms with Gasteiger partial charge in [-0.2, -0.15) is 0 Å². The number of nitrogens with one attached hydrogen (secondary N) is 1. The Bertz CT molecular complexity index is 1040. The van der Waals surface area contributed by atoms with Crippen molar-refractivity contribution in [2.75, 3.05) is 5.32 Å². The minimum absolute atomic E-state index is 0.841. The molecule has 0 unspecified atom stereocenters. The molecule has 0 aliphatic heterocycles. The topological polar surface area (TPSA) is 37.8 Å². The molecule has 0 atom stereocenters. The van der Waals surface area contributed by atoms with Gasteiger partial charge in [0.1, 0.15) is 17.0 Å². The molecule has 0 radical (unpaired) electrons. The van der Waals surface area contributed by atoms with Gasteiger partial charge in [0.05, 0.1) is 5.39 Å². The van der Waals surface area contributed by atoms with Crippen molar-refractivity contribution in [1.29, 1.82) is 0 Å². The fraction of sp³-hybridized carbons (Fsp3) is 0.0526. The van der Waals surface area contributed by atoms with E-state index < -0.39 is 0 Å². The highest BCUT2D eigenvalue weighted by atomic mass is 127. The molecule has 2 aromatic heterocycles. The van der Waals surface area contributed by atoms with Crippen molar-refractivity contribution in [3.05, 3.63) is 67.8 Å². The summed E-state index contributed by atoms with van der Waals surface area (Å²) in [5, 5.41) is 4.53. The van der Waals surface area contributed by atoms with E-state index in [1.165, 1.54) is 19.6 Å². The number of nitrogens with zero attached hydrogens (tertiary/aromatic N) is 2. The molecule has 0 saturated carbocycles. The minimum atomic E-state index is 0.841. The maximum Gasteiger partial charge on any atom is 0.143 e. The third-order valence-corrected chi connectivity index (χ3v) is 6.17. The summed E-state index contributed by atoms with van der Waals surface area (Å²) in [7, 11) is 0. The first-order valence-corrected chi connectivity index (χ1v) is 10.3. The Balaban J connectivity index is 1.87. The number of hydrogen-bond donors (Lipinski definition) is 1. The third-order valence-electron chi connectivity index (χ3n) is 3.90. The van der Waals surface area contributed by atoms with Crippen LogP contribution >= 0.6 is 49.9 Å². The summed E-state index contributed by atoms with van der Waals surface area (Å²) in [6.07, 6.45) is 1.62. The molecule has 124 valence electrons. The summed E-state index contributed by atoms with van der Waals surface area (Å²) in [5.41, 5.74) is 3.39. The van der Waals surface area contributed by atoms with Crippen LogP contribution in [0.5, 0.6) is 0 Å². The molecule has 2 aromatic carbocycles. The lowest BCUT2D eigenvalue weighted by Crippen LogP contribution is -1.95. The van der Waals surface area contributed by atoms with Gasteiger partial charge in [-0.25, -0.2) is 9.97 Å². The molecule has 4 aromatic rings. The van der Waals surface area contributed by atoms with Crippen LogP contribution in [0.15, 0.2) is 59.3 Å². The highest BCUT2D eigenvalue weighted by Crippen LogP contribution is 2.41. The number of benzene rings is 2. The van der Waals surface area contributed by atoms with Crippen LogP contribution in [-0.4, -0.2) is 9.97 Å². The Morgan fingerprint density at radius 3 is 2.44 bits per heavy atom. The number of fused-ring (bicyclic) bond motifs is 1. The fourth-order valence-electron chi connectivity index (χ4n) is 2.77. The zero-order valence-electron chi connectivity index (χ0n) is 13.3. The van der Waals surface area contributed by atoms with Crippen LogP contribution in [0.2, 0.25) is 0 Å². The van der Waals surface area contributed by atoms with E-state index in [9.17, 15) is 0 Å². The molecule has 25 heavy (non-hydrogen) atoms. The van der Waals surface area contributed by atoms with Gasteiger partial charge >= 0.3 is 0 Å². The molecule has 0 saturated heterocycles. The Morgan fingerprint density at radius 2 is 1.72 bits per heavy atom. The van der Waals surface area contributed by atoms with E-state index >= 15 is 0 Å². The maximum atomic E-state index is 4.51. The highest BCUT2D eigenvalue weighted by Gasteiger charge is 2.16. The van der Waals surface area contributed by atoms with Gasteiger partial charge in [0.25, 0.3) is 0 Å². The molecular weight excluding hydrogens is 509 g/mol. The monoisotopic (exact) mass is 521 g/mol. The molecule has 3 nitrogen and oxygen atoms in total. The SMILES string of the molecule is Cc1sc2ncnc(Nc3ccc(I)cc3)c2c1-c1ccc(Br)cc1. The van der Waals surface area contributed by atoms with Crippen LogP contribution in [0.4, 0.5) is 11.5 Å². The number of anilines is 2. The second-order valence-corrected chi connectivity index (χ2v) is 8.94. The van der Waals surface area contributed by atoms with Crippen LogP contribution in [0, 0.1) is 10.5 Å². The summed E-state index contributed by atoms with van der Waals surface area (Å²) in [6, 6.07) is 16.7. The molecule has 6 heteroatoms. The van der Waals surface area contributed by atoms with Gasteiger partial charge in [0.15, 0.2) is 0 Å². The third kappa shape index (κ3) is 3.43. The van der Waals surface area contributed by atoms with Crippen LogP contribution < -0.4 is 5.32 Å². The predicted molar refractivity (Wildman–Crippen MR) is 118 cm³/mol. The van der Waals surface area contributed by atoms with Crippen molar-refractivity contribution in [2.24, 2.45) is 0 Å². The van der Waals surface area contributed by atoms with Crippen molar-refractivity contribution in [3.63, 3.8) is 0 Å². The van der Waals surface area contributed by atoms with Gasteiger partial charge in [-0.15, -0.1) is 11.3 Å². The Labute approximate surface area is 171 Å². The van der Waals surface area contributed by atoms with E-state index in [1.807, 2.05) is 0 Å². The minimum Gasteiger partial charge on any atom is -0.340 e. The fourth-order valence-corrected chi connectivity index (χ4v) is 4.41. The molecular formula is C19H13BrIN3S. The molecule has 0 fully saturated rings. The van der Waals surface area contributed by atoms with Crippen LogP contribution in [0.25, 0.3) is 21.3 Å². The van der Waals surface area contributed by atoms with Gasteiger partial charge < -0.3 is 5.32 Å². The number of aryl methyl sites for hydroxylation is 1. The Kier molecular flexibility index (Phi) is 4.75. The molecule has 0 bridgehead atoms. The molecule has 0 aliphatic carbocycles. The van der Waals surface area contributed by atoms with Gasteiger partial charge in [-0.3, -0.25) is 0 Å². The van der Waals surface area contributed by atoms with Crippen LogP contribution in [-0.2, 0) is 0 Å². The second-order valence-electron chi connectivity index (χ2n) is 5.57. The number of halogens is 2. The molecule has 0 aliphatic rings. The van der Waals surface area contributed by atoms with Crippen molar-refractivity contribution in [1.82, 2.24) is 9.97 Å². The average molecular weight is 522 g/mol. The lowest BCUT2D eigenvalue weighted by atomic mass is 10.0. The summed E-state index contributed by atoms with van der Waals surface area (Å²) in [4.78, 5) is 11.2. The van der Waals surface area contributed by atoms with Crippen molar-refractivity contribution in [3.8, 4) is 11.1 Å². The quantitative estimate of drug-likeness (QED) is 0.302. The van der Waals surface area contributed by atoms with Gasteiger partial charge in [-0.1, -0.05) is 28.1 Å². The van der Waals surface area contributed by atoms with Gasteiger partial charge in [0.2, 0.25) is 0 Å². The van der Waals surface area contributed by atoms with E-state index in [4.69, 9.17) is 0 Å². The van der Waals surface area contributed by atoms with E-state index in [1.54, 1.807) is 17.7 Å². The number of thiophene rings is 1. The molecule has 4 rings (SSSR count). The first-order chi connectivity index (χ1) is 12.1. The number of hydrogen-bond acceptors (Lipinski definition) is 4. The zero-order valence-corrected chi connectivity index (χ0v) is 17.8. The van der Waals surface area contributed by atoms with Crippen molar-refractivity contribution in [2.45, 2.75) is 6.92 Å². The lowest BCUT2D eigenvalue weighted by molar-refractivity contribution is 1.23. The predicted octanol–water partition coefficient (Wildman–Crippen LogP) is 6.78. The standard InChI is InChI=1S/C19H13BrIN3S/c1-11-16(12-2-4-13(20)5-3-12)17-18(22-10-23-19(17)25-11)24-15-8-6-14(21)7-9-15/h2-10H,1H3,(H,22,23,24). The average Bonchev–Trinajstić information content (AvgIpc) is 2.95. The highest BCUT2D eigenvalue weighted by molar-refractivity contribution is 14.1. The summed E-state index contributed by atoms with van der Waals surface area (Å²) >= 11 is 7.51. The van der Waals surface area contributed by atoms with Crippen LogP contribution in [0.1, 0.15) is 4.88 Å². The first-order valence-electron chi connectivity index (χ1n) is 7.64. The maximum absolute atomic E-state index is 4.51. The summed E-state index contributed by atoms with van der Waals surface area (Å²) in [6.45, 7) is 2.14. The van der Waals surface area contributed by atoms with Crippen molar-refractivity contribution >= 4 is 71.6 Å². The smallest absolute Gasteiger partial charge is 0.143 e. The lowest BCUT2D eigenvalue weighted by Gasteiger charge is -2.09. The Morgan fingerprint density at radius 1 is 1.00 bits per heavy atom. The number of aromatic nitrogens is 2. The molecule has 0 spiro atoms. The first kappa shape index (κ1) is 16.9. The largest absolute Gasteiger partial charge is 0.340 e. The van der Waals surface area contributed by atoms with E-state index in [0.29, 0.717) is 0 Å². The number of rotatable bonds is 3. The van der Waals surface area contributed by atoms with Crippen LogP contribution in [0.3, 0.4) is 0 Å². The normalized spacial score (nSPS) is 11.0. The van der Waals surface area contributed by atoms with E-state index in [-0.39, 0.29) is 0 Å². The molecule has 1 N–H and O–H groups in total. The second kappa shape index (κ2) is 7.01. The molecule has 0 amide bonds. The summed E-state index contributed by atoms with van der Waals surface area (Å²) in [5.74, 6) is 0.841. The summed E-state index contributed by atoms with van der Waals surface area (Å²) < 4.78 is 2.28. The van der Waals surface area contributed by atoms with Crippen molar-refractivity contribution < 1.29 is 0 Å². The van der Waals surface area contributed by atoms with Gasteiger partial charge in [-0.05, 0) is 71.5 Å². The zero-order chi connectivity index (χ0) is 17.4. The Hall–Kier alpha value is -1.51. The van der Waals surface area contributed by atoms with Gasteiger partial charge in [0, 0.05) is 24.2 Å². The van der Waals surface area contributed by atoms with E-state index in [2.05, 4.69) is 109 Å².